The van der Waals surface area contributed by atoms with E-state index >= 15 is 0 Å². The summed E-state index contributed by atoms with van der Waals surface area (Å²) in [6.07, 6.45) is -2.31. The van der Waals surface area contributed by atoms with E-state index in [1.807, 2.05) is 6.92 Å². The number of alkyl halides is 3. The number of anilines is 1. The highest BCUT2D eigenvalue weighted by Gasteiger charge is 2.33. The van der Waals surface area contributed by atoms with Gasteiger partial charge < -0.3 is 5.32 Å². The second-order valence-electron chi connectivity index (χ2n) is 4.44. The van der Waals surface area contributed by atoms with Crippen molar-refractivity contribution in [2.45, 2.75) is 26.1 Å². The normalized spacial score (nSPS) is 11.4. The molecule has 1 aromatic heterocycles. The summed E-state index contributed by atoms with van der Waals surface area (Å²) >= 11 is 0. The van der Waals surface area contributed by atoms with Gasteiger partial charge in [0.05, 0.1) is 11.3 Å². The zero-order valence-corrected chi connectivity index (χ0v) is 11.3. The van der Waals surface area contributed by atoms with Gasteiger partial charge in [-0.2, -0.15) is 18.3 Å². The van der Waals surface area contributed by atoms with Crippen LogP contribution in [-0.4, -0.2) is 15.7 Å². The maximum atomic E-state index is 12.9. The van der Waals surface area contributed by atoms with E-state index in [0.29, 0.717) is 6.54 Å². The lowest BCUT2D eigenvalue weighted by atomic mass is 10.1. The molecule has 112 valence electrons. The number of halogens is 3. The highest BCUT2D eigenvalue weighted by molar-refractivity contribution is 6.03. The van der Waals surface area contributed by atoms with E-state index in [1.165, 1.54) is 35.1 Å². The molecular formula is C14H14F3N3O. The van der Waals surface area contributed by atoms with Crippen molar-refractivity contribution in [3.63, 3.8) is 0 Å². The number of hydrogen-bond donors (Lipinski definition) is 1. The second kappa shape index (κ2) is 5.99. The van der Waals surface area contributed by atoms with Gasteiger partial charge in [0.25, 0.3) is 5.91 Å². The zero-order valence-electron chi connectivity index (χ0n) is 11.3. The molecule has 1 aromatic carbocycles. The van der Waals surface area contributed by atoms with Crippen molar-refractivity contribution in [3.05, 3.63) is 47.8 Å². The molecule has 0 saturated heterocycles. The van der Waals surface area contributed by atoms with Gasteiger partial charge in [-0.3, -0.25) is 9.48 Å². The van der Waals surface area contributed by atoms with Crippen LogP contribution in [0.5, 0.6) is 0 Å². The minimum Gasteiger partial charge on any atom is -0.320 e. The predicted octanol–water partition coefficient (Wildman–Crippen LogP) is 3.56. The quantitative estimate of drug-likeness (QED) is 0.938. The number of nitrogens with zero attached hydrogens (tertiary/aromatic N) is 2. The molecular weight excluding hydrogens is 283 g/mol. The molecule has 0 unspecified atom stereocenters. The van der Waals surface area contributed by atoms with Crippen molar-refractivity contribution in [1.29, 1.82) is 0 Å². The van der Waals surface area contributed by atoms with Crippen LogP contribution < -0.4 is 5.32 Å². The Bertz CT molecular complexity index is 634. The van der Waals surface area contributed by atoms with Gasteiger partial charge in [-0.15, -0.1) is 0 Å². The topological polar surface area (TPSA) is 46.9 Å². The number of carbonyl (C=O) groups is 1. The molecule has 4 nitrogen and oxygen atoms in total. The lowest BCUT2D eigenvalue weighted by Gasteiger charge is -2.13. The van der Waals surface area contributed by atoms with E-state index in [-0.39, 0.29) is 11.4 Å². The summed E-state index contributed by atoms with van der Waals surface area (Å²) < 4.78 is 40.1. The van der Waals surface area contributed by atoms with Crippen molar-refractivity contribution in [2.75, 3.05) is 5.32 Å². The number of para-hydroxylation sites is 1. The monoisotopic (exact) mass is 297 g/mol. The van der Waals surface area contributed by atoms with Crippen LogP contribution in [0.2, 0.25) is 0 Å². The van der Waals surface area contributed by atoms with Crippen LogP contribution in [0.1, 0.15) is 29.4 Å². The van der Waals surface area contributed by atoms with E-state index in [1.54, 1.807) is 0 Å². The highest BCUT2D eigenvalue weighted by atomic mass is 19.4. The first-order chi connectivity index (χ1) is 9.93. The van der Waals surface area contributed by atoms with Gasteiger partial charge in [-0.1, -0.05) is 19.1 Å². The summed E-state index contributed by atoms with van der Waals surface area (Å²) in [6.45, 7) is 2.44. The number of aromatic nitrogens is 2. The van der Waals surface area contributed by atoms with Crippen LogP contribution >= 0.6 is 0 Å². The fourth-order valence-corrected chi connectivity index (χ4v) is 1.94. The van der Waals surface area contributed by atoms with Gasteiger partial charge in [0.2, 0.25) is 0 Å². The molecule has 0 bridgehead atoms. The number of rotatable bonds is 4. The van der Waals surface area contributed by atoms with Gasteiger partial charge in [0, 0.05) is 12.7 Å². The number of hydrogen-bond acceptors (Lipinski definition) is 2. The van der Waals surface area contributed by atoms with E-state index in [4.69, 9.17) is 0 Å². The minimum absolute atomic E-state index is 0.230. The molecule has 0 spiro atoms. The minimum atomic E-state index is -4.52. The molecule has 0 atom stereocenters. The van der Waals surface area contributed by atoms with E-state index in [2.05, 4.69) is 10.4 Å². The van der Waals surface area contributed by atoms with E-state index in [0.717, 1.165) is 12.5 Å². The van der Waals surface area contributed by atoms with Gasteiger partial charge in [-0.05, 0) is 24.6 Å². The average Bonchev–Trinajstić information content (AvgIpc) is 2.87. The van der Waals surface area contributed by atoms with Crippen LogP contribution in [0, 0.1) is 0 Å². The number of carbonyl (C=O) groups excluding carboxylic acids is 1. The molecule has 0 aliphatic carbocycles. The molecule has 7 heteroatoms. The Morgan fingerprint density at radius 2 is 2.00 bits per heavy atom. The molecule has 2 aromatic rings. The third-order valence-electron chi connectivity index (χ3n) is 2.87. The van der Waals surface area contributed by atoms with Crippen LogP contribution in [0.4, 0.5) is 18.9 Å². The van der Waals surface area contributed by atoms with Crippen LogP contribution in [-0.2, 0) is 12.7 Å². The molecule has 0 radical (unpaired) electrons. The first kappa shape index (κ1) is 15.1. The largest absolute Gasteiger partial charge is 0.418 e. The van der Waals surface area contributed by atoms with Crippen molar-refractivity contribution in [1.82, 2.24) is 9.78 Å². The molecule has 2 rings (SSSR count). The average molecular weight is 297 g/mol. The second-order valence-corrected chi connectivity index (χ2v) is 4.44. The van der Waals surface area contributed by atoms with Gasteiger partial charge in [0.15, 0.2) is 0 Å². The molecule has 0 aliphatic heterocycles. The van der Waals surface area contributed by atoms with Crippen LogP contribution in [0.3, 0.4) is 0 Å². The number of amides is 1. The number of nitrogens with one attached hydrogen (secondary N) is 1. The summed E-state index contributed by atoms with van der Waals surface area (Å²) in [7, 11) is 0. The third-order valence-corrected chi connectivity index (χ3v) is 2.87. The standard InChI is InChI=1S/C14H14F3N3O/c1-2-9-20-12(7-8-18-20)13(21)19-11-6-4-3-5-10(11)14(15,16)17/h3-8H,2,9H2,1H3,(H,19,21). The molecule has 1 amide bonds. The summed E-state index contributed by atoms with van der Waals surface area (Å²) in [5, 5.41) is 6.27. The first-order valence-corrected chi connectivity index (χ1v) is 6.43. The Morgan fingerprint density at radius 3 is 2.67 bits per heavy atom. The van der Waals surface area contributed by atoms with Gasteiger partial charge in [0.1, 0.15) is 5.69 Å². The molecule has 0 aliphatic rings. The van der Waals surface area contributed by atoms with Gasteiger partial charge >= 0.3 is 6.18 Å². The van der Waals surface area contributed by atoms with Crippen molar-refractivity contribution in [2.24, 2.45) is 0 Å². The Hall–Kier alpha value is -2.31. The maximum Gasteiger partial charge on any atom is 0.418 e. The zero-order chi connectivity index (χ0) is 15.5. The Morgan fingerprint density at radius 1 is 1.29 bits per heavy atom. The first-order valence-electron chi connectivity index (χ1n) is 6.43. The third kappa shape index (κ3) is 3.42. The number of aryl methyl sites for hydroxylation is 1. The molecule has 1 heterocycles. The van der Waals surface area contributed by atoms with Crippen LogP contribution in [0.25, 0.3) is 0 Å². The highest BCUT2D eigenvalue weighted by Crippen LogP contribution is 2.34. The number of benzene rings is 1. The molecule has 0 fully saturated rings. The Labute approximate surface area is 119 Å². The fourth-order valence-electron chi connectivity index (χ4n) is 1.94. The predicted molar refractivity (Wildman–Crippen MR) is 71.9 cm³/mol. The van der Waals surface area contributed by atoms with Crippen LogP contribution in [0.15, 0.2) is 36.5 Å². The molecule has 1 N–H and O–H groups in total. The lowest BCUT2D eigenvalue weighted by molar-refractivity contribution is -0.136. The molecule has 0 saturated carbocycles. The van der Waals surface area contributed by atoms with Crippen molar-refractivity contribution >= 4 is 11.6 Å². The van der Waals surface area contributed by atoms with Crippen molar-refractivity contribution < 1.29 is 18.0 Å². The van der Waals surface area contributed by atoms with E-state index in [9.17, 15) is 18.0 Å². The summed E-state index contributed by atoms with van der Waals surface area (Å²) in [5.41, 5.74) is -0.909. The molecule has 21 heavy (non-hydrogen) atoms. The van der Waals surface area contributed by atoms with Crippen molar-refractivity contribution in [3.8, 4) is 0 Å². The summed E-state index contributed by atoms with van der Waals surface area (Å²) in [4.78, 5) is 12.1. The summed E-state index contributed by atoms with van der Waals surface area (Å²) in [6, 6.07) is 6.34. The lowest BCUT2D eigenvalue weighted by Crippen LogP contribution is -2.20. The smallest absolute Gasteiger partial charge is 0.320 e. The SMILES string of the molecule is CCCn1nccc1C(=O)Nc1ccccc1C(F)(F)F. The fraction of sp³-hybridized carbons (Fsp3) is 0.286. The Balaban J connectivity index is 2.26. The maximum absolute atomic E-state index is 12.9. The Kier molecular flexibility index (Phi) is 4.30. The van der Waals surface area contributed by atoms with E-state index < -0.39 is 17.6 Å². The van der Waals surface area contributed by atoms with Gasteiger partial charge in [-0.25, -0.2) is 0 Å². The summed E-state index contributed by atoms with van der Waals surface area (Å²) in [5.74, 6) is -0.613.